The lowest BCUT2D eigenvalue weighted by Crippen LogP contribution is -2.60. The van der Waals surface area contributed by atoms with E-state index in [9.17, 15) is 24.5 Å². The third-order valence-corrected chi connectivity index (χ3v) is 3.64. The number of amides is 3. The van der Waals surface area contributed by atoms with Gasteiger partial charge in [0.1, 0.15) is 11.7 Å². The van der Waals surface area contributed by atoms with Gasteiger partial charge >= 0.3 is 0 Å². The summed E-state index contributed by atoms with van der Waals surface area (Å²) in [6.07, 6.45) is 1.39. The van der Waals surface area contributed by atoms with Crippen LogP contribution < -0.4 is 5.32 Å². The Balaban J connectivity index is 2.37. The largest absolute Gasteiger partial charge is 0.320 e. The minimum absolute atomic E-state index is 0.0408. The van der Waals surface area contributed by atoms with Crippen LogP contribution in [-0.4, -0.2) is 33.6 Å². The smallest absolute Gasteiger partial charge is 0.277 e. The van der Waals surface area contributed by atoms with Gasteiger partial charge in [-0.2, -0.15) is 0 Å². The van der Waals surface area contributed by atoms with Crippen LogP contribution in [0, 0.1) is 16.0 Å². The van der Waals surface area contributed by atoms with Gasteiger partial charge in [-0.05, 0) is 29.7 Å². The monoisotopic (exact) mass is 331 g/mol. The number of carbonyl (C=O) groups is 3. The lowest BCUT2D eigenvalue weighted by Gasteiger charge is -2.35. The van der Waals surface area contributed by atoms with Gasteiger partial charge < -0.3 is 5.32 Å². The predicted molar refractivity (Wildman–Crippen MR) is 85.4 cm³/mol. The summed E-state index contributed by atoms with van der Waals surface area (Å²) < 4.78 is 0. The van der Waals surface area contributed by atoms with Crippen LogP contribution in [-0.2, 0) is 14.4 Å². The Morgan fingerprint density at radius 3 is 2.33 bits per heavy atom. The van der Waals surface area contributed by atoms with Crippen molar-refractivity contribution >= 4 is 29.5 Å². The van der Waals surface area contributed by atoms with Crippen LogP contribution in [0.2, 0.25) is 0 Å². The van der Waals surface area contributed by atoms with Crippen molar-refractivity contribution in [3.8, 4) is 0 Å². The van der Waals surface area contributed by atoms with Gasteiger partial charge in [-0.3, -0.25) is 29.4 Å². The summed E-state index contributed by atoms with van der Waals surface area (Å²) in [5, 5.41) is 13.2. The highest BCUT2D eigenvalue weighted by Gasteiger charge is 2.41. The van der Waals surface area contributed by atoms with Crippen molar-refractivity contribution in [3.63, 3.8) is 0 Å². The Morgan fingerprint density at radius 1 is 1.29 bits per heavy atom. The second kappa shape index (κ2) is 6.61. The van der Waals surface area contributed by atoms with Crippen LogP contribution >= 0.6 is 0 Å². The van der Waals surface area contributed by atoms with Crippen molar-refractivity contribution in [3.05, 3.63) is 45.6 Å². The normalized spacial score (nSPS) is 19.6. The van der Waals surface area contributed by atoms with Crippen molar-refractivity contribution in [1.29, 1.82) is 0 Å². The molecule has 1 aromatic rings. The summed E-state index contributed by atoms with van der Waals surface area (Å²) >= 11 is 0. The summed E-state index contributed by atoms with van der Waals surface area (Å²) in [6.45, 7) is 4.73. The molecule has 1 aromatic carbocycles. The lowest BCUT2D eigenvalue weighted by molar-refractivity contribution is -0.384. The average Bonchev–Trinajstić information content (AvgIpc) is 2.50. The number of benzene rings is 1. The third kappa shape index (κ3) is 3.32. The molecule has 1 fully saturated rings. The first-order valence-electron chi connectivity index (χ1n) is 7.33. The van der Waals surface area contributed by atoms with Crippen molar-refractivity contribution in [2.24, 2.45) is 5.92 Å². The number of rotatable bonds is 3. The van der Waals surface area contributed by atoms with Crippen LogP contribution in [0.4, 0.5) is 5.69 Å². The molecule has 0 unspecified atom stereocenters. The van der Waals surface area contributed by atoms with Gasteiger partial charge in [-0.1, -0.05) is 13.8 Å². The van der Waals surface area contributed by atoms with Crippen LogP contribution in [0.5, 0.6) is 0 Å². The van der Waals surface area contributed by atoms with E-state index in [0.29, 0.717) is 5.56 Å². The summed E-state index contributed by atoms with van der Waals surface area (Å²) in [5.74, 6) is -1.77. The average molecular weight is 331 g/mol. The predicted octanol–water partition coefficient (Wildman–Crippen LogP) is 1.47. The maximum atomic E-state index is 12.5. The van der Waals surface area contributed by atoms with Crippen LogP contribution in [0.25, 0.3) is 6.08 Å². The number of piperazine rings is 1. The molecule has 1 aliphatic heterocycles. The molecular weight excluding hydrogens is 314 g/mol. The third-order valence-electron chi connectivity index (χ3n) is 3.64. The first-order valence-corrected chi connectivity index (χ1v) is 7.33. The van der Waals surface area contributed by atoms with E-state index in [1.807, 2.05) is 0 Å². The molecule has 0 aliphatic carbocycles. The van der Waals surface area contributed by atoms with E-state index in [-0.39, 0.29) is 17.3 Å². The Kier molecular flexibility index (Phi) is 4.77. The molecule has 1 saturated heterocycles. The molecule has 1 aliphatic rings. The number of nitrogens with one attached hydrogen (secondary N) is 1. The van der Waals surface area contributed by atoms with E-state index in [2.05, 4.69) is 5.32 Å². The second-order valence-electron chi connectivity index (χ2n) is 5.78. The molecule has 1 atom stereocenters. The van der Waals surface area contributed by atoms with E-state index in [1.165, 1.54) is 37.3 Å². The number of hydrogen-bond donors (Lipinski definition) is 1. The first kappa shape index (κ1) is 17.3. The zero-order chi connectivity index (χ0) is 18.0. The maximum absolute atomic E-state index is 12.5. The number of nitrogens with zero attached hydrogens (tertiary/aromatic N) is 2. The van der Waals surface area contributed by atoms with Crippen LogP contribution in [0.1, 0.15) is 26.3 Å². The molecule has 8 heteroatoms. The highest BCUT2D eigenvalue weighted by molar-refractivity contribution is 6.13. The molecule has 1 heterocycles. The van der Waals surface area contributed by atoms with E-state index < -0.39 is 28.7 Å². The fraction of sp³-hybridized carbons (Fsp3) is 0.312. The quantitative estimate of drug-likeness (QED) is 0.512. The lowest BCUT2D eigenvalue weighted by atomic mass is 9.98. The Hall–Kier alpha value is -3.03. The molecule has 24 heavy (non-hydrogen) atoms. The maximum Gasteiger partial charge on any atom is 0.277 e. The number of hydrogen-bond acceptors (Lipinski definition) is 5. The van der Waals surface area contributed by atoms with Gasteiger partial charge in [0, 0.05) is 19.1 Å². The molecule has 3 amide bonds. The van der Waals surface area contributed by atoms with Gasteiger partial charge in [-0.25, -0.2) is 0 Å². The number of imide groups is 1. The molecule has 1 N–H and O–H groups in total. The van der Waals surface area contributed by atoms with Gasteiger partial charge in [0.15, 0.2) is 0 Å². The Labute approximate surface area is 138 Å². The molecule has 0 aromatic heterocycles. The van der Waals surface area contributed by atoms with Gasteiger partial charge in [0.05, 0.1) is 4.92 Å². The summed E-state index contributed by atoms with van der Waals surface area (Å²) in [4.78, 5) is 47.6. The number of nitro benzene ring substituents is 1. The fourth-order valence-electron chi connectivity index (χ4n) is 2.53. The highest BCUT2D eigenvalue weighted by atomic mass is 16.6. The highest BCUT2D eigenvalue weighted by Crippen LogP contribution is 2.21. The van der Waals surface area contributed by atoms with E-state index >= 15 is 0 Å². The Bertz CT molecular complexity index is 737. The molecule has 0 spiro atoms. The summed E-state index contributed by atoms with van der Waals surface area (Å²) in [7, 11) is 0. The zero-order valence-electron chi connectivity index (χ0n) is 13.5. The number of non-ortho nitro benzene ring substituents is 1. The molecule has 2 rings (SSSR count). The fourth-order valence-corrected chi connectivity index (χ4v) is 2.53. The molecule has 126 valence electrons. The summed E-state index contributed by atoms with van der Waals surface area (Å²) in [6, 6.07) is 4.64. The van der Waals surface area contributed by atoms with E-state index in [0.717, 1.165) is 4.90 Å². The minimum atomic E-state index is -0.857. The van der Waals surface area contributed by atoms with Crippen molar-refractivity contribution in [2.75, 3.05) is 0 Å². The minimum Gasteiger partial charge on any atom is -0.320 e. The Morgan fingerprint density at radius 2 is 1.88 bits per heavy atom. The standard InChI is InChI=1S/C16H17N3O5/c1-9(2)14-15(21)17-13(16(22)18(14)10(3)20)8-11-4-6-12(7-5-11)19(23)24/h4-9,14H,1-3H3,(H,17,21)/b13-8+/t14-/m0/s1. The molecule has 8 nitrogen and oxygen atoms in total. The topological polar surface area (TPSA) is 110 Å². The van der Waals surface area contributed by atoms with Crippen LogP contribution in [0.3, 0.4) is 0 Å². The van der Waals surface area contributed by atoms with E-state index in [4.69, 9.17) is 0 Å². The molecular formula is C16H17N3O5. The zero-order valence-corrected chi connectivity index (χ0v) is 13.5. The first-order chi connectivity index (χ1) is 11.2. The molecule has 0 radical (unpaired) electrons. The number of nitro groups is 1. The molecule has 0 saturated carbocycles. The van der Waals surface area contributed by atoms with E-state index in [1.54, 1.807) is 13.8 Å². The van der Waals surface area contributed by atoms with Gasteiger partial charge in [-0.15, -0.1) is 0 Å². The van der Waals surface area contributed by atoms with Crippen molar-refractivity contribution < 1.29 is 19.3 Å². The van der Waals surface area contributed by atoms with Crippen molar-refractivity contribution in [1.82, 2.24) is 10.2 Å². The van der Waals surface area contributed by atoms with Crippen molar-refractivity contribution in [2.45, 2.75) is 26.8 Å². The summed E-state index contributed by atoms with van der Waals surface area (Å²) in [5.41, 5.74) is 0.373. The second-order valence-corrected chi connectivity index (χ2v) is 5.78. The van der Waals surface area contributed by atoms with Gasteiger partial charge in [0.25, 0.3) is 11.6 Å². The van der Waals surface area contributed by atoms with Gasteiger partial charge in [0.2, 0.25) is 11.8 Å². The SMILES string of the molecule is CC(=O)N1C(=O)/C(=C\c2ccc([N+](=O)[O-])cc2)NC(=O)[C@@H]1C(C)C. The number of carbonyl (C=O) groups excluding carboxylic acids is 3. The van der Waals surface area contributed by atoms with Crippen LogP contribution in [0.15, 0.2) is 30.0 Å². The molecule has 0 bridgehead atoms.